The predicted molar refractivity (Wildman–Crippen MR) is 55.0 cm³/mol. The lowest BCUT2D eigenvalue weighted by atomic mass is 10.0. The van der Waals surface area contributed by atoms with Crippen LogP contribution in [0.4, 0.5) is 10.1 Å². The number of nitrogens with two attached hydrogens (primary N) is 1. The minimum Gasteiger partial charge on any atom is -0.327 e. The summed E-state index contributed by atoms with van der Waals surface area (Å²) in [4.78, 5) is 10.1. The summed E-state index contributed by atoms with van der Waals surface area (Å²) in [6, 6.07) is 3.25. The standard InChI is InChI=1S/C10H13FN2O2/c1-2-9(12)6-7-5-8(11)3-4-10(7)13(14)15/h3-5,9H,2,6,12H2,1H3. The van der Waals surface area contributed by atoms with Crippen molar-refractivity contribution in [2.24, 2.45) is 5.73 Å². The van der Waals surface area contributed by atoms with Crippen LogP contribution in [0, 0.1) is 15.9 Å². The molecule has 5 heteroatoms. The van der Waals surface area contributed by atoms with Crippen LogP contribution < -0.4 is 5.73 Å². The molecule has 0 aromatic heterocycles. The van der Waals surface area contributed by atoms with Crippen molar-refractivity contribution >= 4 is 5.69 Å². The molecule has 1 aromatic carbocycles. The van der Waals surface area contributed by atoms with E-state index >= 15 is 0 Å². The summed E-state index contributed by atoms with van der Waals surface area (Å²) in [5, 5.41) is 10.6. The van der Waals surface area contributed by atoms with E-state index in [0.717, 1.165) is 6.07 Å². The van der Waals surface area contributed by atoms with Gasteiger partial charge in [-0.15, -0.1) is 0 Å². The van der Waals surface area contributed by atoms with E-state index < -0.39 is 10.7 Å². The zero-order valence-electron chi connectivity index (χ0n) is 8.44. The Hall–Kier alpha value is -1.49. The van der Waals surface area contributed by atoms with Crippen LogP contribution in [0.25, 0.3) is 0 Å². The summed E-state index contributed by atoms with van der Waals surface area (Å²) >= 11 is 0. The Balaban J connectivity index is 3.02. The van der Waals surface area contributed by atoms with Crippen molar-refractivity contribution in [1.29, 1.82) is 0 Å². The van der Waals surface area contributed by atoms with E-state index in [1.165, 1.54) is 12.1 Å². The van der Waals surface area contributed by atoms with E-state index in [4.69, 9.17) is 5.73 Å². The maximum absolute atomic E-state index is 12.9. The summed E-state index contributed by atoms with van der Waals surface area (Å²) in [5.41, 5.74) is 5.97. The smallest absolute Gasteiger partial charge is 0.272 e. The first-order valence-corrected chi connectivity index (χ1v) is 4.73. The zero-order valence-corrected chi connectivity index (χ0v) is 8.44. The van der Waals surface area contributed by atoms with Crippen molar-refractivity contribution in [3.05, 3.63) is 39.7 Å². The van der Waals surface area contributed by atoms with Crippen LogP contribution in [0.2, 0.25) is 0 Å². The Morgan fingerprint density at radius 3 is 2.80 bits per heavy atom. The molecule has 0 fully saturated rings. The fourth-order valence-electron chi connectivity index (χ4n) is 1.32. The van der Waals surface area contributed by atoms with Gasteiger partial charge in [0, 0.05) is 17.7 Å². The van der Waals surface area contributed by atoms with Gasteiger partial charge in [-0.05, 0) is 25.0 Å². The number of rotatable bonds is 4. The highest BCUT2D eigenvalue weighted by molar-refractivity contribution is 5.40. The molecule has 1 aromatic rings. The molecule has 82 valence electrons. The molecule has 0 aliphatic rings. The second-order valence-electron chi connectivity index (χ2n) is 3.40. The highest BCUT2D eigenvalue weighted by atomic mass is 19.1. The van der Waals surface area contributed by atoms with Gasteiger partial charge in [-0.25, -0.2) is 4.39 Å². The maximum Gasteiger partial charge on any atom is 0.272 e. The molecule has 0 aliphatic heterocycles. The lowest BCUT2D eigenvalue weighted by Gasteiger charge is -2.08. The van der Waals surface area contributed by atoms with Gasteiger partial charge < -0.3 is 5.73 Å². The molecule has 0 radical (unpaired) electrons. The second kappa shape index (κ2) is 4.84. The molecule has 0 saturated carbocycles. The topological polar surface area (TPSA) is 69.2 Å². The van der Waals surface area contributed by atoms with Gasteiger partial charge >= 0.3 is 0 Å². The molecule has 15 heavy (non-hydrogen) atoms. The number of nitrogens with zero attached hydrogens (tertiary/aromatic N) is 1. The molecule has 4 nitrogen and oxygen atoms in total. The van der Waals surface area contributed by atoms with Crippen LogP contribution >= 0.6 is 0 Å². The quantitative estimate of drug-likeness (QED) is 0.613. The number of hydrogen-bond acceptors (Lipinski definition) is 3. The van der Waals surface area contributed by atoms with E-state index in [1.54, 1.807) is 0 Å². The van der Waals surface area contributed by atoms with E-state index in [9.17, 15) is 14.5 Å². The van der Waals surface area contributed by atoms with Gasteiger partial charge in [0.05, 0.1) is 4.92 Å². The largest absolute Gasteiger partial charge is 0.327 e. The number of hydrogen-bond donors (Lipinski definition) is 1. The molecule has 1 atom stereocenters. The van der Waals surface area contributed by atoms with Crippen molar-refractivity contribution in [3.8, 4) is 0 Å². The summed E-state index contributed by atoms with van der Waals surface area (Å²) in [6.07, 6.45) is 1.03. The SMILES string of the molecule is CCC(N)Cc1cc(F)ccc1[N+](=O)[O-]. The highest BCUT2D eigenvalue weighted by Crippen LogP contribution is 2.21. The maximum atomic E-state index is 12.9. The Morgan fingerprint density at radius 2 is 2.27 bits per heavy atom. The van der Waals surface area contributed by atoms with E-state index in [-0.39, 0.29) is 11.7 Å². The van der Waals surface area contributed by atoms with Crippen molar-refractivity contribution in [3.63, 3.8) is 0 Å². The fraction of sp³-hybridized carbons (Fsp3) is 0.400. The first-order chi connectivity index (χ1) is 7.04. The Morgan fingerprint density at radius 1 is 1.60 bits per heavy atom. The van der Waals surface area contributed by atoms with Crippen LogP contribution in [-0.4, -0.2) is 11.0 Å². The van der Waals surface area contributed by atoms with Crippen LogP contribution in [0.3, 0.4) is 0 Å². The third-order valence-electron chi connectivity index (χ3n) is 2.24. The fourth-order valence-corrected chi connectivity index (χ4v) is 1.32. The third kappa shape index (κ3) is 2.99. The van der Waals surface area contributed by atoms with E-state index in [0.29, 0.717) is 18.4 Å². The van der Waals surface area contributed by atoms with Crippen molar-refractivity contribution < 1.29 is 9.31 Å². The first-order valence-electron chi connectivity index (χ1n) is 4.73. The van der Waals surface area contributed by atoms with E-state index in [2.05, 4.69) is 0 Å². The summed E-state index contributed by atoms with van der Waals surface area (Å²) < 4.78 is 12.9. The molecule has 0 amide bonds. The molecule has 1 rings (SSSR count). The monoisotopic (exact) mass is 212 g/mol. The van der Waals surface area contributed by atoms with Crippen LogP contribution in [0.15, 0.2) is 18.2 Å². The number of nitro benzene ring substituents is 1. The first kappa shape index (κ1) is 11.6. The molecule has 0 spiro atoms. The molecular weight excluding hydrogens is 199 g/mol. The zero-order chi connectivity index (χ0) is 11.4. The van der Waals surface area contributed by atoms with Gasteiger partial charge in [-0.2, -0.15) is 0 Å². The van der Waals surface area contributed by atoms with Crippen LogP contribution in [-0.2, 0) is 6.42 Å². The number of benzene rings is 1. The summed E-state index contributed by atoms with van der Waals surface area (Å²) in [6.45, 7) is 1.88. The third-order valence-corrected chi connectivity index (χ3v) is 2.24. The van der Waals surface area contributed by atoms with Crippen LogP contribution in [0.1, 0.15) is 18.9 Å². The highest BCUT2D eigenvalue weighted by Gasteiger charge is 2.16. The number of halogens is 1. The molecular formula is C10H13FN2O2. The normalized spacial score (nSPS) is 12.5. The Bertz CT molecular complexity index is 368. The van der Waals surface area contributed by atoms with Gasteiger partial charge in [0.15, 0.2) is 0 Å². The molecule has 0 saturated heterocycles. The molecule has 1 unspecified atom stereocenters. The molecule has 0 heterocycles. The molecule has 0 aliphatic carbocycles. The van der Waals surface area contributed by atoms with Gasteiger partial charge in [-0.3, -0.25) is 10.1 Å². The summed E-state index contributed by atoms with van der Waals surface area (Å²) in [7, 11) is 0. The van der Waals surface area contributed by atoms with Gasteiger partial charge in [-0.1, -0.05) is 6.92 Å². The van der Waals surface area contributed by atoms with Crippen molar-refractivity contribution in [2.45, 2.75) is 25.8 Å². The minimum absolute atomic E-state index is 0.0692. The molecule has 0 bridgehead atoms. The summed E-state index contributed by atoms with van der Waals surface area (Å²) in [5.74, 6) is -0.473. The average molecular weight is 212 g/mol. The van der Waals surface area contributed by atoms with Gasteiger partial charge in [0.1, 0.15) is 5.82 Å². The number of nitro groups is 1. The predicted octanol–water partition coefficient (Wildman–Crippen LogP) is 2.01. The lowest BCUT2D eigenvalue weighted by molar-refractivity contribution is -0.385. The Kier molecular flexibility index (Phi) is 3.74. The lowest BCUT2D eigenvalue weighted by Crippen LogP contribution is -2.22. The van der Waals surface area contributed by atoms with Crippen LogP contribution in [0.5, 0.6) is 0 Å². The van der Waals surface area contributed by atoms with E-state index in [1.807, 2.05) is 6.92 Å². The second-order valence-corrected chi connectivity index (χ2v) is 3.40. The average Bonchev–Trinajstić information content (AvgIpc) is 2.17. The minimum atomic E-state index is -0.517. The van der Waals surface area contributed by atoms with Crippen molar-refractivity contribution in [2.75, 3.05) is 0 Å². The van der Waals surface area contributed by atoms with Crippen molar-refractivity contribution in [1.82, 2.24) is 0 Å². The molecule has 2 N–H and O–H groups in total. The van der Waals surface area contributed by atoms with Gasteiger partial charge in [0.25, 0.3) is 5.69 Å². The van der Waals surface area contributed by atoms with Gasteiger partial charge in [0.2, 0.25) is 0 Å². The Labute approximate surface area is 87.0 Å².